The summed E-state index contributed by atoms with van der Waals surface area (Å²) in [5, 5.41) is 3.22. The highest BCUT2D eigenvalue weighted by Gasteiger charge is 2.25. The summed E-state index contributed by atoms with van der Waals surface area (Å²) in [7, 11) is 1.47. The first-order valence-corrected chi connectivity index (χ1v) is 7.22. The lowest BCUT2D eigenvalue weighted by molar-refractivity contribution is -0.147. The van der Waals surface area contributed by atoms with Crippen LogP contribution in [0.25, 0.3) is 0 Å². The fraction of sp³-hybridized carbons (Fsp3) is 0.600. The third kappa shape index (κ3) is 3.93. The second-order valence-electron chi connectivity index (χ2n) is 5.15. The number of esters is 1. The maximum atomic E-state index is 11.5. The average Bonchev–Trinajstić information content (AvgIpc) is 2.48. The van der Waals surface area contributed by atoms with Gasteiger partial charge in [0.15, 0.2) is 0 Å². The number of ether oxygens (including phenoxy) is 1. The van der Waals surface area contributed by atoms with Crippen molar-refractivity contribution in [1.82, 2.24) is 9.88 Å². The maximum absolute atomic E-state index is 11.5. The van der Waals surface area contributed by atoms with Gasteiger partial charge < -0.3 is 10.1 Å². The molecule has 0 unspecified atom stereocenters. The molecule has 1 aromatic rings. The van der Waals surface area contributed by atoms with E-state index in [1.165, 1.54) is 12.7 Å². The molecule has 2 rings (SSSR count). The van der Waals surface area contributed by atoms with Gasteiger partial charge in [0, 0.05) is 19.3 Å². The van der Waals surface area contributed by atoms with Crippen LogP contribution in [0.15, 0.2) is 18.3 Å². The average molecular weight is 277 g/mol. The van der Waals surface area contributed by atoms with Gasteiger partial charge >= 0.3 is 5.97 Å². The Bertz CT molecular complexity index is 442. The molecule has 1 fully saturated rings. The number of anilines is 1. The maximum Gasteiger partial charge on any atom is 0.308 e. The number of hydrogen-bond donors (Lipinski definition) is 1. The summed E-state index contributed by atoms with van der Waals surface area (Å²) in [5.74, 6) is 0.934. The van der Waals surface area contributed by atoms with E-state index in [2.05, 4.69) is 28.2 Å². The largest absolute Gasteiger partial charge is 0.469 e. The van der Waals surface area contributed by atoms with E-state index in [9.17, 15) is 4.79 Å². The summed E-state index contributed by atoms with van der Waals surface area (Å²) in [5.41, 5.74) is 1.26. The number of piperidine rings is 1. The van der Waals surface area contributed by atoms with Gasteiger partial charge in [0.25, 0.3) is 0 Å². The number of likely N-dealkylation sites (tertiary alicyclic amines) is 1. The smallest absolute Gasteiger partial charge is 0.308 e. The Balaban J connectivity index is 1.86. The number of nitrogens with zero attached hydrogens (tertiary/aromatic N) is 2. The third-order valence-electron chi connectivity index (χ3n) is 3.71. The number of methoxy groups -OCH3 is 1. The molecule has 0 bridgehead atoms. The van der Waals surface area contributed by atoms with Crippen LogP contribution >= 0.6 is 0 Å². The zero-order chi connectivity index (χ0) is 14.4. The van der Waals surface area contributed by atoms with Crippen molar-refractivity contribution in [2.75, 3.05) is 32.1 Å². The van der Waals surface area contributed by atoms with E-state index in [-0.39, 0.29) is 11.9 Å². The minimum absolute atomic E-state index is 0.0667. The van der Waals surface area contributed by atoms with Crippen LogP contribution in [0, 0.1) is 5.92 Å². The van der Waals surface area contributed by atoms with Gasteiger partial charge in [-0.15, -0.1) is 0 Å². The molecule has 1 saturated heterocycles. The number of pyridine rings is 1. The van der Waals surface area contributed by atoms with E-state index in [1.807, 2.05) is 12.3 Å². The molecule has 1 N–H and O–H groups in total. The molecule has 0 aromatic carbocycles. The molecule has 1 aliphatic heterocycles. The lowest BCUT2D eigenvalue weighted by Crippen LogP contribution is -2.36. The first-order chi connectivity index (χ1) is 9.72. The molecule has 5 nitrogen and oxygen atoms in total. The lowest BCUT2D eigenvalue weighted by Gasteiger charge is -2.30. The molecular formula is C15H23N3O2. The predicted octanol–water partition coefficient (Wildman–Crippen LogP) is 1.90. The molecule has 1 aromatic heterocycles. The Kier molecular flexibility index (Phi) is 5.35. The summed E-state index contributed by atoms with van der Waals surface area (Å²) in [6, 6.07) is 4.14. The molecule has 0 spiro atoms. The van der Waals surface area contributed by atoms with Crippen molar-refractivity contribution in [1.29, 1.82) is 0 Å². The van der Waals surface area contributed by atoms with E-state index in [0.29, 0.717) is 0 Å². The summed E-state index contributed by atoms with van der Waals surface area (Å²) in [6.07, 6.45) is 3.62. The SMILES string of the molecule is CCNc1cc(CN2CCC(C(=O)OC)CC2)ccn1. The van der Waals surface area contributed by atoms with Gasteiger partial charge in [-0.25, -0.2) is 4.98 Å². The van der Waals surface area contributed by atoms with Crippen molar-refractivity contribution < 1.29 is 9.53 Å². The fourth-order valence-electron chi connectivity index (χ4n) is 2.60. The zero-order valence-corrected chi connectivity index (χ0v) is 12.3. The highest BCUT2D eigenvalue weighted by molar-refractivity contribution is 5.72. The highest BCUT2D eigenvalue weighted by atomic mass is 16.5. The zero-order valence-electron chi connectivity index (χ0n) is 12.3. The summed E-state index contributed by atoms with van der Waals surface area (Å²) < 4.78 is 4.81. The van der Waals surface area contributed by atoms with Crippen LogP contribution in [0.4, 0.5) is 5.82 Å². The van der Waals surface area contributed by atoms with Gasteiger partial charge in [-0.3, -0.25) is 9.69 Å². The van der Waals surface area contributed by atoms with Crippen molar-refractivity contribution in [2.45, 2.75) is 26.3 Å². The molecule has 0 radical (unpaired) electrons. The number of carbonyl (C=O) groups is 1. The summed E-state index contributed by atoms with van der Waals surface area (Å²) >= 11 is 0. The summed E-state index contributed by atoms with van der Waals surface area (Å²) in [6.45, 7) is 5.74. The number of carbonyl (C=O) groups excluding carboxylic acids is 1. The second-order valence-corrected chi connectivity index (χ2v) is 5.15. The van der Waals surface area contributed by atoms with E-state index < -0.39 is 0 Å². The number of aromatic nitrogens is 1. The molecular weight excluding hydrogens is 254 g/mol. The highest BCUT2D eigenvalue weighted by Crippen LogP contribution is 2.20. The topological polar surface area (TPSA) is 54.5 Å². The molecule has 2 heterocycles. The van der Waals surface area contributed by atoms with E-state index in [0.717, 1.165) is 44.8 Å². The first kappa shape index (κ1) is 14.8. The van der Waals surface area contributed by atoms with E-state index in [4.69, 9.17) is 4.74 Å². The van der Waals surface area contributed by atoms with Crippen molar-refractivity contribution in [3.63, 3.8) is 0 Å². The van der Waals surface area contributed by atoms with Gasteiger partial charge in [0.2, 0.25) is 0 Å². The second kappa shape index (κ2) is 7.24. The van der Waals surface area contributed by atoms with Crippen LogP contribution in [-0.2, 0) is 16.1 Å². The Labute approximate surface area is 120 Å². The van der Waals surface area contributed by atoms with Gasteiger partial charge in [0.05, 0.1) is 13.0 Å². The molecule has 20 heavy (non-hydrogen) atoms. The Morgan fingerprint density at radius 3 is 2.90 bits per heavy atom. The lowest BCUT2D eigenvalue weighted by atomic mass is 9.97. The minimum atomic E-state index is -0.0667. The predicted molar refractivity (Wildman–Crippen MR) is 78.4 cm³/mol. The fourth-order valence-corrected chi connectivity index (χ4v) is 2.60. The van der Waals surface area contributed by atoms with Gasteiger partial charge in [0.1, 0.15) is 5.82 Å². The van der Waals surface area contributed by atoms with Crippen LogP contribution in [-0.4, -0.2) is 42.6 Å². The first-order valence-electron chi connectivity index (χ1n) is 7.22. The monoisotopic (exact) mass is 277 g/mol. The van der Waals surface area contributed by atoms with E-state index in [1.54, 1.807) is 0 Å². The molecule has 0 amide bonds. The summed E-state index contributed by atoms with van der Waals surface area (Å²) in [4.78, 5) is 18.1. The molecule has 0 atom stereocenters. The number of hydrogen-bond acceptors (Lipinski definition) is 5. The van der Waals surface area contributed by atoms with Gasteiger partial charge in [-0.05, 0) is 50.6 Å². The molecule has 110 valence electrons. The van der Waals surface area contributed by atoms with Crippen LogP contribution in [0.3, 0.4) is 0 Å². The Hall–Kier alpha value is -1.62. The van der Waals surface area contributed by atoms with Crippen LogP contribution < -0.4 is 5.32 Å². The van der Waals surface area contributed by atoms with Crippen molar-refractivity contribution in [3.8, 4) is 0 Å². The van der Waals surface area contributed by atoms with Crippen LogP contribution in [0.5, 0.6) is 0 Å². The number of rotatable bonds is 5. The third-order valence-corrected chi connectivity index (χ3v) is 3.71. The van der Waals surface area contributed by atoms with Crippen molar-refractivity contribution >= 4 is 11.8 Å². The van der Waals surface area contributed by atoms with Crippen molar-refractivity contribution in [2.24, 2.45) is 5.92 Å². The van der Waals surface area contributed by atoms with Crippen molar-refractivity contribution in [3.05, 3.63) is 23.9 Å². The van der Waals surface area contributed by atoms with Gasteiger partial charge in [-0.2, -0.15) is 0 Å². The Morgan fingerprint density at radius 2 is 2.25 bits per heavy atom. The van der Waals surface area contributed by atoms with Crippen LogP contribution in [0.1, 0.15) is 25.3 Å². The van der Waals surface area contributed by atoms with Crippen LogP contribution in [0.2, 0.25) is 0 Å². The molecule has 5 heteroatoms. The molecule has 0 aliphatic carbocycles. The molecule has 0 saturated carbocycles. The van der Waals surface area contributed by atoms with E-state index >= 15 is 0 Å². The normalized spacial score (nSPS) is 16.9. The minimum Gasteiger partial charge on any atom is -0.469 e. The van der Waals surface area contributed by atoms with Gasteiger partial charge in [-0.1, -0.05) is 0 Å². The number of nitrogens with one attached hydrogen (secondary N) is 1. The standard InChI is InChI=1S/C15H23N3O2/c1-3-16-14-10-12(4-7-17-14)11-18-8-5-13(6-9-18)15(19)20-2/h4,7,10,13H,3,5-6,8-9,11H2,1-2H3,(H,16,17). The Morgan fingerprint density at radius 1 is 1.50 bits per heavy atom. The molecule has 1 aliphatic rings. The quantitative estimate of drug-likeness (QED) is 0.833.